The molecule has 5 nitrogen and oxygen atoms in total. The largest absolute Gasteiger partial charge is 0.481 e. The van der Waals surface area contributed by atoms with E-state index in [1.54, 1.807) is 17.9 Å². The van der Waals surface area contributed by atoms with Crippen LogP contribution in [0.25, 0.3) is 0 Å². The number of rotatable bonds is 4. The molecule has 0 radical (unpaired) electrons. The summed E-state index contributed by atoms with van der Waals surface area (Å²) in [6.07, 6.45) is 0. The second-order valence-corrected chi connectivity index (χ2v) is 4.38. The first-order valence-electron chi connectivity index (χ1n) is 5.45. The summed E-state index contributed by atoms with van der Waals surface area (Å²) in [6.45, 7) is 0.602. The number of nitrogens with two attached hydrogens (primary N) is 1. The Morgan fingerprint density at radius 2 is 2.17 bits per heavy atom. The van der Waals surface area contributed by atoms with E-state index in [2.05, 4.69) is 10.4 Å². The highest BCUT2D eigenvalue weighted by Crippen LogP contribution is 2.19. The number of ether oxygens (including phenoxy) is 1. The van der Waals surface area contributed by atoms with Crippen LogP contribution >= 0.6 is 11.6 Å². The number of hydrogen-bond acceptors (Lipinski definition) is 4. The van der Waals surface area contributed by atoms with E-state index in [4.69, 9.17) is 22.1 Å². The molecular formula is C12H15ClN4O. The summed E-state index contributed by atoms with van der Waals surface area (Å²) in [5.41, 5.74) is 7.38. The van der Waals surface area contributed by atoms with E-state index in [0.717, 1.165) is 11.4 Å². The van der Waals surface area contributed by atoms with Gasteiger partial charge in [-0.25, -0.2) is 4.68 Å². The summed E-state index contributed by atoms with van der Waals surface area (Å²) in [7, 11) is 3.43. The van der Waals surface area contributed by atoms with Crippen molar-refractivity contribution in [1.29, 1.82) is 0 Å². The molecule has 0 spiro atoms. The first-order valence-corrected chi connectivity index (χ1v) is 5.83. The van der Waals surface area contributed by atoms with Gasteiger partial charge in [0.25, 0.3) is 0 Å². The Morgan fingerprint density at radius 3 is 2.78 bits per heavy atom. The van der Waals surface area contributed by atoms with Gasteiger partial charge in [-0.2, -0.15) is 5.10 Å². The Bertz CT molecular complexity index is 533. The number of nitrogens with zero attached hydrogens (tertiary/aromatic N) is 2. The highest BCUT2D eigenvalue weighted by Gasteiger charge is 2.04. The quantitative estimate of drug-likeness (QED) is 0.834. The fraction of sp³-hybridized carbons (Fsp3) is 0.250. The van der Waals surface area contributed by atoms with Gasteiger partial charge in [-0.15, -0.1) is 0 Å². The lowest BCUT2D eigenvalue weighted by atomic mass is 10.2. The summed E-state index contributed by atoms with van der Waals surface area (Å²) in [6, 6.07) is 7.28. The van der Waals surface area contributed by atoms with Gasteiger partial charge in [0, 0.05) is 30.4 Å². The molecule has 0 fully saturated rings. The SMILES string of the molecule is COc1cc(NCc2cc(N)cc(Cl)c2)nn1C. The smallest absolute Gasteiger partial charge is 0.213 e. The Balaban J connectivity index is 2.06. The molecule has 0 bridgehead atoms. The van der Waals surface area contributed by atoms with Crippen molar-refractivity contribution in [2.45, 2.75) is 6.54 Å². The molecule has 0 unspecified atom stereocenters. The Kier molecular flexibility index (Phi) is 3.62. The number of nitrogens with one attached hydrogen (secondary N) is 1. The van der Waals surface area contributed by atoms with Crippen LogP contribution in [0.15, 0.2) is 24.3 Å². The van der Waals surface area contributed by atoms with Crippen LogP contribution in [0, 0.1) is 0 Å². The van der Waals surface area contributed by atoms with Crippen molar-refractivity contribution in [3.05, 3.63) is 34.9 Å². The van der Waals surface area contributed by atoms with Gasteiger partial charge >= 0.3 is 0 Å². The van der Waals surface area contributed by atoms with Gasteiger partial charge in [-0.05, 0) is 23.8 Å². The van der Waals surface area contributed by atoms with Crippen LogP contribution < -0.4 is 15.8 Å². The number of methoxy groups -OCH3 is 1. The van der Waals surface area contributed by atoms with Crippen molar-refractivity contribution in [2.75, 3.05) is 18.2 Å². The van der Waals surface area contributed by atoms with Gasteiger partial charge in [0.2, 0.25) is 5.88 Å². The van der Waals surface area contributed by atoms with Crippen molar-refractivity contribution in [2.24, 2.45) is 7.05 Å². The molecule has 6 heteroatoms. The standard InChI is InChI=1S/C12H15ClN4O/c1-17-12(18-2)6-11(16-17)15-7-8-3-9(13)5-10(14)4-8/h3-6H,7,14H2,1-2H3,(H,15,16). The van der Waals surface area contributed by atoms with E-state index in [9.17, 15) is 0 Å². The predicted molar refractivity (Wildman–Crippen MR) is 73.0 cm³/mol. The molecule has 2 aromatic rings. The zero-order valence-electron chi connectivity index (χ0n) is 10.3. The first kappa shape index (κ1) is 12.6. The molecule has 18 heavy (non-hydrogen) atoms. The number of nitrogen functional groups attached to an aromatic ring is 1. The maximum absolute atomic E-state index is 5.94. The second kappa shape index (κ2) is 5.18. The zero-order chi connectivity index (χ0) is 13.1. The second-order valence-electron chi connectivity index (χ2n) is 3.94. The van der Waals surface area contributed by atoms with Crippen LogP contribution in [0.3, 0.4) is 0 Å². The molecule has 96 valence electrons. The average molecular weight is 267 g/mol. The maximum Gasteiger partial charge on any atom is 0.213 e. The minimum atomic E-state index is 0.602. The molecule has 0 aliphatic heterocycles. The topological polar surface area (TPSA) is 65.1 Å². The van der Waals surface area contributed by atoms with Gasteiger partial charge in [0.15, 0.2) is 5.82 Å². The number of hydrogen-bond donors (Lipinski definition) is 2. The highest BCUT2D eigenvalue weighted by atomic mass is 35.5. The molecular weight excluding hydrogens is 252 g/mol. The average Bonchev–Trinajstić information content (AvgIpc) is 2.66. The van der Waals surface area contributed by atoms with Gasteiger partial charge in [0.05, 0.1) is 7.11 Å². The Hall–Kier alpha value is -1.88. The summed E-state index contributed by atoms with van der Waals surface area (Å²) in [5.74, 6) is 1.44. The van der Waals surface area contributed by atoms with E-state index in [0.29, 0.717) is 23.1 Å². The minimum absolute atomic E-state index is 0.602. The predicted octanol–water partition coefficient (Wildman–Crippen LogP) is 2.28. The van der Waals surface area contributed by atoms with Crippen molar-refractivity contribution < 1.29 is 4.74 Å². The van der Waals surface area contributed by atoms with Gasteiger partial charge in [0.1, 0.15) is 0 Å². The highest BCUT2D eigenvalue weighted by molar-refractivity contribution is 6.30. The number of anilines is 2. The lowest BCUT2D eigenvalue weighted by molar-refractivity contribution is 0.373. The molecule has 0 saturated heterocycles. The van der Waals surface area contributed by atoms with E-state index in [-0.39, 0.29) is 0 Å². The van der Waals surface area contributed by atoms with E-state index in [1.165, 1.54) is 0 Å². The molecule has 1 aromatic heterocycles. The molecule has 0 atom stereocenters. The van der Waals surface area contributed by atoms with Crippen LogP contribution in [0.2, 0.25) is 5.02 Å². The molecule has 0 saturated carbocycles. The molecule has 3 N–H and O–H groups in total. The Morgan fingerprint density at radius 1 is 1.39 bits per heavy atom. The van der Waals surface area contributed by atoms with Gasteiger partial charge in [-0.3, -0.25) is 0 Å². The summed E-state index contributed by atoms with van der Waals surface area (Å²) in [5, 5.41) is 8.07. The lowest BCUT2D eigenvalue weighted by Crippen LogP contribution is -2.01. The van der Waals surface area contributed by atoms with Crippen LogP contribution in [0.5, 0.6) is 5.88 Å². The van der Waals surface area contributed by atoms with Crippen molar-refractivity contribution in [3.63, 3.8) is 0 Å². The van der Waals surface area contributed by atoms with Crippen molar-refractivity contribution >= 4 is 23.1 Å². The zero-order valence-corrected chi connectivity index (χ0v) is 11.0. The van der Waals surface area contributed by atoms with E-state index < -0.39 is 0 Å². The first-order chi connectivity index (χ1) is 8.58. The van der Waals surface area contributed by atoms with E-state index >= 15 is 0 Å². The minimum Gasteiger partial charge on any atom is -0.481 e. The number of aromatic nitrogens is 2. The monoisotopic (exact) mass is 266 g/mol. The fourth-order valence-corrected chi connectivity index (χ4v) is 1.96. The van der Waals surface area contributed by atoms with Crippen LogP contribution in [0.1, 0.15) is 5.56 Å². The van der Waals surface area contributed by atoms with Crippen molar-refractivity contribution in [1.82, 2.24) is 9.78 Å². The van der Waals surface area contributed by atoms with Crippen LogP contribution in [0.4, 0.5) is 11.5 Å². The number of benzene rings is 1. The van der Waals surface area contributed by atoms with Gasteiger partial charge in [-0.1, -0.05) is 11.6 Å². The molecule has 0 aliphatic carbocycles. The summed E-state index contributed by atoms with van der Waals surface area (Å²) >= 11 is 5.94. The summed E-state index contributed by atoms with van der Waals surface area (Å²) in [4.78, 5) is 0. The maximum atomic E-state index is 5.94. The molecule has 1 aromatic carbocycles. The van der Waals surface area contributed by atoms with E-state index in [1.807, 2.05) is 25.2 Å². The third-order valence-electron chi connectivity index (χ3n) is 2.50. The van der Waals surface area contributed by atoms with Gasteiger partial charge < -0.3 is 15.8 Å². The normalized spacial score (nSPS) is 10.4. The third-order valence-corrected chi connectivity index (χ3v) is 2.72. The molecule has 0 aliphatic rings. The van der Waals surface area contributed by atoms with Crippen LogP contribution in [-0.4, -0.2) is 16.9 Å². The van der Waals surface area contributed by atoms with Crippen LogP contribution in [-0.2, 0) is 13.6 Å². The number of halogens is 1. The fourth-order valence-electron chi connectivity index (χ4n) is 1.70. The Labute approximate surface area is 110 Å². The third kappa shape index (κ3) is 2.87. The molecule has 1 heterocycles. The summed E-state index contributed by atoms with van der Waals surface area (Å²) < 4.78 is 6.80. The lowest BCUT2D eigenvalue weighted by Gasteiger charge is -2.05. The molecule has 0 amide bonds. The molecule has 2 rings (SSSR count). The van der Waals surface area contributed by atoms with Crippen molar-refractivity contribution in [3.8, 4) is 5.88 Å². The number of aryl methyl sites for hydroxylation is 1.